The molecule has 0 aliphatic carbocycles. The number of ether oxygens (including phenoxy) is 1. The first-order valence-electron chi connectivity index (χ1n) is 9.58. The average Bonchev–Trinajstić information content (AvgIpc) is 2.79. The fraction of sp³-hybridized carbons (Fsp3) is 0.273. The van der Waals surface area contributed by atoms with E-state index in [1.165, 1.54) is 12.1 Å². The minimum Gasteiger partial charge on any atom is -0.497 e. The molecule has 2 aromatic carbocycles. The molecule has 2 heterocycles. The highest BCUT2D eigenvalue weighted by Crippen LogP contribution is 2.31. The van der Waals surface area contributed by atoms with Crippen molar-refractivity contribution in [2.24, 2.45) is 0 Å². The van der Waals surface area contributed by atoms with Gasteiger partial charge in [-0.15, -0.1) is 0 Å². The molecule has 1 aliphatic heterocycles. The lowest BCUT2D eigenvalue weighted by molar-refractivity contribution is -0.137. The Morgan fingerprint density at radius 2 is 1.47 bits per heavy atom. The number of anilines is 2. The SMILES string of the molecule is COc1ccc(N2CCN(c3cncc(-c4ccc(C(F)(F)F)cc4)n3)CC2)cc1. The molecule has 1 fully saturated rings. The van der Waals surface area contributed by atoms with Crippen molar-refractivity contribution in [3.8, 4) is 17.0 Å². The second-order valence-electron chi connectivity index (χ2n) is 7.01. The third kappa shape index (κ3) is 4.32. The molecule has 0 atom stereocenters. The Hall–Kier alpha value is -3.29. The van der Waals surface area contributed by atoms with Gasteiger partial charge in [-0.1, -0.05) is 12.1 Å². The molecule has 4 rings (SSSR count). The van der Waals surface area contributed by atoms with E-state index in [0.717, 1.165) is 55.6 Å². The second-order valence-corrected chi connectivity index (χ2v) is 7.01. The molecule has 0 saturated carbocycles. The molecule has 1 saturated heterocycles. The maximum absolute atomic E-state index is 12.8. The molecule has 0 unspecified atom stereocenters. The molecule has 0 amide bonds. The van der Waals surface area contributed by atoms with E-state index in [9.17, 15) is 13.2 Å². The van der Waals surface area contributed by atoms with Crippen LogP contribution in [0.5, 0.6) is 5.75 Å². The number of aromatic nitrogens is 2. The van der Waals surface area contributed by atoms with Crippen LogP contribution in [-0.4, -0.2) is 43.3 Å². The minimum absolute atomic E-state index is 0.554. The van der Waals surface area contributed by atoms with Gasteiger partial charge in [0.25, 0.3) is 0 Å². The smallest absolute Gasteiger partial charge is 0.416 e. The van der Waals surface area contributed by atoms with E-state index in [-0.39, 0.29) is 0 Å². The second kappa shape index (κ2) is 8.22. The Balaban J connectivity index is 1.44. The number of halogens is 3. The Bertz CT molecular complexity index is 983. The van der Waals surface area contributed by atoms with Gasteiger partial charge >= 0.3 is 6.18 Å². The van der Waals surface area contributed by atoms with E-state index in [1.807, 2.05) is 24.3 Å². The van der Waals surface area contributed by atoms with Crippen molar-refractivity contribution < 1.29 is 17.9 Å². The molecule has 0 radical (unpaired) electrons. The summed E-state index contributed by atoms with van der Waals surface area (Å²) in [7, 11) is 1.65. The van der Waals surface area contributed by atoms with Crippen LogP contribution in [0.15, 0.2) is 60.9 Å². The summed E-state index contributed by atoms with van der Waals surface area (Å²) in [5.74, 6) is 1.55. The third-order valence-electron chi connectivity index (χ3n) is 5.17. The van der Waals surface area contributed by atoms with Gasteiger partial charge in [-0.2, -0.15) is 13.2 Å². The fourth-order valence-corrected chi connectivity index (χ4v) is 3.46. The highest BCUT2D eigenvalue weighted by Gasteiger charge is 2.30. The van der Waals surface area contributed by atoms with Crippen molar-refractivity contribution in [1.82, 2.24) is 9.97 Å². The van der Waals surface area contributed by atoms with Crippen LogP contribution in [0.3, 0.4) is 0 Å². The van der Waals surface area contributed by atoms with E-state index in [2.05, 4.69) is 19.8 Å². The van der Waals surface area contributed by atoms with E-state index in [0.29, 0.717) is 11.3 Å². The van der Waals surface area contributed by atoms with Crippen LogP contribution in [0.1, 0.15) is 5.56 Å². The number of methoxy groups -OCH3 is 1. The zero-order chi connectivity index (χ0) is 21.1. The van der Waals surface area contributed by atoms with Crippen LogP contribution in [0.25, 0.3) is 11.3 Å². The van der Waals surface area contributed by atoms with E-state index in [4.69, 9.17) is 4.74 Å². The predicted octanol–water partition coefficient (Wildman–Crippen LogP) is 4.50. The minimum atomic E-state index is -4.35. The number of benzene rings is 2. The van der Waals surface area contributed by atoms with Crippen LogP contribution < -0.4 is 14.5 Å². The van der Waals surface area contributed by atoms with Crippen LogP contribution in [-0.2, 0) is 6.18 Å². The summed E-state index contributed by atoms with van der Waals surface area (Å²) in [6.45, 7) is 3.21. The molecule has 1 aromatic heterocycles. The molecular weight excluding hydrogens is 393 g/mol. The van der Waals surface area contributed by atoms with Crippen LogP contribution >= 0.6 is 0 Å². The maximum Gasteiger partial charge on any atom is 0.416 e. The summed E-state index contributed by atoms with van der Waals surface area (Å²) >= 11 is 0. The molecule has 0 N–H and O–H groups in total. The van der Waals surface area contributed by atoms with E-state index < -0.39 is 11.7 Å². The van der Waals surface area contributed by atoms with Gasteiger partial charge in [-0.05, 0) is 36.4 Å². The number of nitrogens with zero attached hydrogens (tertiary/aromatic N) is 4. The Labute approximate surface area is 172 Å². The lowest BCUT2D eigenvalue weighted by Crippen LogP contribution is -2.46. The molecule has 0 bridgehead atoms. The Morgan fingerprint density at radius 3 is 2.07 bits per heavy atom. The van der Waals surface area contributed by atoms with Gasteiger partial charge in [-0.3, -0.25) is 4.98 Å². The van der Waals surface area contributed by atoms with Crippen molar-refractivity contribution in [2.45, 2.75) is 6.18 Å². The Morgan fingerprint density at radius 1 is 0.833 bits per heavy atom. The number of rotatable bonds is 4. The van der Waals surface area contributed by atoms with Gasteiger partial charge in [0, 0.05) is 37.4 Å². The zero-order valence-electron chi connectivity index (χ0n) is 16.4. The average molecular weight is 414 g/mol. The summed E-state index contributed by atoms with van der Waals surface area (Å²) in [6.07, 6.45) is -1.09. The number of alkyl halides is 3. The molecule has 30 heavy (non-hydrogen) atoms. The lowest BCUT2D eigenvalue weighted by Gasteiger charge is -2.36. The fourth-order valence-electron chi connectivity index (χ4n) is 3.46. The lowest BCUT2D eigenvalue weighted by atomic mass is 10.1. The Kier molecular flexibility index (Phi) is 5.48. The molecule has 8 heteroatoms. The van der Waals surface area contributed by atoms with Gasteiger partial charge in [-0.25, -0.2) is 4.98 Å². The number of piperazine rings is 1. The molecule has 0 spiro atoms. The highest BCUT2D eigenvalue weighted by molar-refractivity contribution is 5.61. The molecular formula is C22H21F3N4O. The molecule has 5 nitrogen and oxygen atoms in total. The van der Waals surface area contributed by atoms with Gasteiger partial charge < -0.3 is 14.5 Å². The zero-order valence-corrected chi connectivity index (χ0v) is 16.4. The largest absolute Gasteiger partial charge is 0.497 e. The topological polar surface area (TPSA) is 41.5 Å². The first kappa shape index (κ1) is 20.0. The number of hydrogen-bond acceptors (Lipinski definition) is 5. The predicted molar refractivity (Wildman–Crippen MR) is 110 cm³/mol. The van der Waals surface area contributed by atoms with Crippen LogP contribution in [0, 0.1) is 0 Å². The number of hydrogen-bond donors (Lipinski definition) is 0. The molecule has 156 valence electrons. The summed E-state index contributed by atoms with van der Waals surface area (Å²) in [4.78, 5) is 13.3. The van der Waals surface area contributed by atoms with Crippen molar-refractivity contribution in [2.75, 3.05) is 43.1 Å². The summed E-state index contributed by atoms with van der Waals surface area (Å²) in [5.41, 5.74) is 1.62. The summed E-state index contributed by atoms with van der Waals surface area (Å²) in [6, 6.07) is 13.0. The standard InChI is InChI=1S/C22H21F3N4O/c1-30-19-8-6-18(7-9-19)28-10-12-29(13-11-28)21-15-26-14-20(27-21)16-2-4-17(5-3-16)22(23,24)25/h2-9,14-15H,10-13H2,1H3. The monoisotopic (exact) mass is 414 g/mol. The summed E-state index contributed by atoms with van der Waals surface area (Å²) in [5, 5.41) is 0. The van der Waals surface area contributed by atoms with Crippen molar-refractivity contribution >= 4 is 11.5 Å². The van der Waals surface area contributed by atoms with Gasteiger partial charge in [0.15, 0.2) is 0 Å². The van der Waals surface area contributed by atoms with E-state index in [1.54, 1.807) is 19.5 Å². The molecule has 3 aromatic rings. The first-order valence-corrected chi connectivity index (χ1v) is 9.58. The molecule has 1 aliphatic rings. The maximum atomic E-state index is 12.8. The van der Waals surface area contributed by atoms with Gasteiger partial charge in [0.05, 0.1) is 30.8 Å². The van der Waals surface area contributed by atoms with Crippen LogP contribution in [0.2, 0.25) is 0 Å². The highest BCUT2D eigenvalue weighted by atomic mass is 19.4. The van der Waals surface area contributed by atoms with Crippen molar-refractivity contribution in [1.29, 1.82) is 0 Å². The van der Waals surface area contributed by atoms with Crippen molar-refractivity contribution in [3.05, 3.63) is 66.5 Å². The van der Waals surface area contributed by atoms with E-state index >= 15 is 0 Å². The van der Waals surface area contributed by atoms with Crippen molar-refractivity contribution in [3.63, 3.8) is 0 Å². The van der Waals surface area contributed by atoms with Crippen LogP contribution in [0.4, 0.5) is 24.7 Å². The quantitative estimate of drug-likeness (QED) is 0.629. The van der Waals surface area contributed by atoms with Gasteiger partial charge in [0.1, 0.15) is 11.6 Å². The normalized spacial score (nSPS) is 14.7. The van der Waals surface area contributed by atoms with Gasteiger partial charge in [0.2, 0.25) is 0 Å². The first-order chi connectivity index (χ1) is 14.4. The third-order valence-corrected chi connectivity index (χ3v) is 5.17. The summed E-state index contributed by atoms with van der Waals surface area (Å²) < 4.78 is 43.5.